The molecule has 3 aromatic rings. The molecule has 2 aromatic carbocycles. The second kappa shape index (κ2) is 10.8. The number of hydrogen-bond donors (Lipinski definition) is 2. The minimum absolute atomic E-state index is 0.0275. The number of carbonyl (C=O) groups excluding carboxylic acids is 1. The van der Waals surface area contributed by atoms with E-state index in [2.05, 4.69) is 10.3 Å². The van der Waals surface area contributed by atoms with Gasteiger partial charge in [0.2, 0.25) is 0 Å². The molecule has 31 heavy (non-hydrogen) atoms. The van der Waals surface area contributed by atoms with Crippen LogP contribution in [0.3, 0.4) is 0 Å². The number of unbranched alkanes of at least 4 members (excludes halogenated alkanes) is 1. The highest BCUT2D eigenvalue weighted by molar-refractivity contribution is 5.91. The lowest BCUT2D eigenvalue weighted by Crippen LogP contribution is -2.29. The van der Waals surface area contributed by atoms with Gasteiger partial charge in [0.15, 0.2) is 5.78 Å². The molecule has 1 aromatic heterocycles. The number of benzene rings is 2. The first-order valence-corrected chi connectivity index (χ1v) is 10.5. The van der Waals surface area contributed by atoms with E-state index in [0.29, 0.717) is 24.3 Å². The van der Waals surface area contributed by atoms with Gasteiger partial charge in [-0.05, 0) is 56.5 Å². The van der Waals surface area contributed by atoms with E-state index in [1.54, 1.807) is 26.0 Å². The molecule has 0 aliphatic rings. The maximum absolute atomic E-state index is 12.1. The molecule has 0 fully saturated rings. The summed E-state index contributed by atoms with van der Waals surface area (Å²) < 4.78 is 5.68. The molecule has 0 bridgehead atoms. The molecule has 0 aliphatic carbocycles. The summed E-state index contributed by atoms with van der Waals surface area (Å²) in [5.74, 6) is -0.904. The number of nitrogens with zero attached hydrogens (tertiary/aromatic N) is 1. The van der Waals surface area contributed by atoms with Crippen molar-refractivity contribution in [3.8, 4) is 0 Å². The van der Waals surface area contributed by atoms with Gasteiger partial charge in [-0.15, -0.1) is 0 Å². The minimum Gasteiger partial charge on any atom is -0.478 e. The van der Waals surface area contributed by atoms with E-state index >= 15 is 0 Å². The number of nitrogens with one attached hydrogen (secondary N) is 1. The van der Waals surface area contributed by atoms with Crippen LogP contribution in [0.1, 0.15) is 53.0 Å². The molecule has 162 valence electrons. The summed E-state index contributed by atoms with van der Waals surface area (Å²) in [7, 11) is 0. The van der Waals surface area contributed by atoms with Crippen molar-refractivity contribution >= 4 is 22.7 Å². The molecule has 6 heteroatoms. The number of fused-ring (bicyclic) bond motifs is 1. The number of para-hydroxylation sites is 1. The second-order valence-corrected chi connectivity index (χ2v) is 7.60. The van der Waals surface area contributed by atoms with Crippen molar-refractivity contribution < 1.29 is 19.4 Å². The summed E-state index contributed by atoms with van der Waals surface area (Å²) in [6.07, 6.45) is 1.63. The van der Waals surface area contributed by atoms with Crippen LogP contribution in [-0.4, -0.2) is 35.0 Å². The number of aromatic carboxylic acids is 1. The standard InChI is InChI=1S/C25H28N2O4/c1-17-8-7-10-20(23(17)25(29)30)16-31-15-6-5-14-26-24(18(2)28)22-13-12-19-9-3-4-11-21(19)27-22/h3-4,7-13,24,26H,5-6,14-16H2,1-2H3,(H,29,30). The van der Waals surface area contributed by atoms with Crippen molar-refractivity contribution in [2.45, 2.75) is 39.3 Å². The Morgan fingerprint density at radius 3 is 2.65 bits per heavy atom. The quantitative estimate of drug-likeness (QED) is 0.445. The first-order valence-electron chi connectivity index (χ1n) is 10.5. The van der Waals surface area contributed by atoms with Gasteiger partial charge in [-0.25, -0.2) is 4.79 Å². The average molecular weight is 421 g/mol. The fourth-order valence-corrected chi connectivity index (χ4v) is 3.61. The van der Waals surface area contributed by atoms with E-state index in [-0.39, 0.29) is 12.4 Å². The number of rotatable bonds is 11. The molecule has 3 rings (SSSR count). The van der Waals surface area contributed by atoms with Crippen molar-refractivity contribution in [2.24, 2.45) is 0 Å². The molecule has 1 atom stereocenters. The highest BCUT2D eigenvalue weighted by Crippen LogP contribution is 2.18. The van der Waals surface area contributed by atoms with Crippen LogP contribution in [0.5, 0.6) is 0 Å². The summed E-state index contributed by atoms with van der Waals surface area (Å²) in [4.78, 5) is 28.2. The molecule has 0 aliphatic heterocycles. The Kier molecular flexibility index (Phi) is 7.87. The number of Topliss-reactive ketones (excluding diaryl/α,β-unsaturated/α-hetero) is 1. The Morgan fingerprint density at radius 1 is 1.06 bits per heavy atom. The van der Waals surface area contributed by atoms with Crippen LogP contribution >= 0.6 is 0 Å². The summed E-state index contributed by atoms with van der Waals surface area (Å²) in [6.45, 7) is 4.81. The van der Waals surface area contributed by atoms with Gasteiger partial charge in [0, 0.05) is 12.0 Å². The Morgan fingerprint density at radius 2 is 1.87 bits per heavy atom. The first kappa shape index (κ1) is 22.6. The van der Waals surface area contributed by atoms with E-state index in [1.165, 1.54) is 0 Å². The summed E-state index contributed by atoms with van der Waals surface area (Å²) >= 11 is 0. The third kappa shape index (κ3) is 5.96. The zero-order valence-electron chi connectivity index (χ0n) is 17.9. The highest BCUT2D eigenvalue weighted by Gasteiger charge is 2.17. The van der Waals surface area contributed by atoms with Crippen LogP contribution in [0.15, 0.2) is 54.6 Å². The zero-order chi connectivity index (χ0) is 22.2. The molecule has 0 saturated heterocycles. The number of carboxylic acid groups (broad SMARTS) is 1. The van der Waals surface area contributed by atoms with Crippen LogP contribution in [-0.2, 0) is 16.1 Å². The van der Waals surface area contributed by atoms with Crippen LogP contribution in [0, 0.1) is 6.92 Å². The van der Waals surface area contributed by atoms with Gasteiger partial charge in [0.25, 0.3) is 0 Å². The number of aryl methyl sites for hydroxylation is 1. The lowest BCUT2D eigenvalue weighted by atomic mass is 10.0. The van der Waals surface area contributed by atoms with Gasteiger partial charge in [0.1, 0.15) is 6.04 Å². The van der Waals surface area contributed by atoms with Crippen LogP contribution in [0.4, 0.5) is 0 Å². The lowest BCUT2D eigenvalue weighted by molar-refractivity contribution is -0.119. The third-order valence-electron chi connectivity index (χ3n) is 5.22. The summed E-state index contributed by atoms with van der Waals surface area (Å²) in [6, 6.07) is 16.7. The Labute approximate surface area is 182 Å². The molecular formula is C25H28N2O4. The number of ether oxygens (including phenoxy) is 1. The fourth-order valence-electron chi connectivity index (χ4n) is 3.61. The van der Waals surface area contributed by atoms with Crippen LogP contribution in [0.25, 0.3) is 10.9 Å². The van der Waals surface area contributed by atoms with E-state index in [1.807, 2.05) is 42.5 Å². The Hall–Kier alpha value is -3.09. The van der Waals surface area contributed by atoms with Crippen LogP contribution < -0.4 is 5.32 Å². The summed E-state index contributed by atoms with van der Waals surface area (Å²) in [5, 5.41) is 13.7. The maximum Gasteiger partial charge on any atom is 0.336 e. The molecule has 1 unspecified atom stereocenters. The van der Waals surface area contributed by atoms with Gasteiger partial charge in [-0.1, -0.05) is 42.5 Å². The van der Waals surface area contributed by atoms with E-state index < -0.39 is 12.0 Å². The van der Waals surface area contributed by atoms with Gasteiger partial charge < -0.3 is 15.2 Å². The predicted molar refractivity (Wildman–Crippen MR) is 120 cm³/mol. The molecule has 6 nitrogen and oxygen atoms in total. The van der Waals surface area contributed by atoms with Crippen molar-refractivity contribution in [1.29, 1.82) is 0 Å². The number of carbonyl (C=O) groups is 2. The SMILES string of the molecule is CC(=O)C(NCCCCOCc1cccc(C)c1C(=O)O)c1ccc2ccccc2n1. The van der Waals surface area contributed by atoms with Crippen LogP contribution in [0.2, 0.25) is 0 Å². The van der Waals surface area contributed by atoms with Gasteiger partial charge in [-0.3, -0.25) is 9.78 Å². The predicted octanol–water partition coefficient (Wildman–Crippen LogP) is 4.46. The first-order chi connectivity index (χ1) is 15.0. The van der Waals surface area contributed by atoms with E-state index in [4.69, 9.17) is 4.74 Å². The van der Waals surface area contributed by atoms with E-state index in [9.17, 15) is 14.7 Å². The highest BCUT2D eigenvalue weighted by atomic mass is 16.5. The molecule has 1 heterocycles. The smallest absolute Gasteiger partial charge is 0.336 e. The maximum atomic E-state index is 12.1. The summed E-state index contributed by atoms with van der Waals surface area (Å²) in [5.41, 5.74) is 3.33. The second-order valence-electron chi connectivity index (χ2n) is 7.60. The Bertz CT molecular complexity index is 1060. The fraction of sp³-hybridized carbons (Fsp3) is 0.320. The number of pyridine rings is 1. The number of hydrogen-bond acceptors (Lipinski definition) is 5. The molecule has 0 spiro atoms. The van der Waals surface area contributed by atoms with Gasteiger partial charge in [0.05, 0.1) is 23.4 Å². The van der Waals surface area contributed by atoms with Gasteiger partial charge in [-0.2, -0.15) is 0 Å². The van der Waals surface area contributed by atoms with Crippen molar-refractivity contribution in [3.05, 3.63) is 77.0 Å². The number of ketones is 1. The molecule has 0 radical (unpaired) electrons. The topological polar surface area (TPSA) is 88.5 Å². The van der Waals surface area contributed by atoms with Crippen molar-refractivity contribution in [1.82, 2.24) is 10.3 Å². The normalized spacial score (nSPS) is 12.1. The van der Waals surface area contributed by atoms with E-state index in [0.717, 1.165) is 35.0 Å². The monoisotopic (exact) mass is 420 g/mol. The lowest BCUT2D eigenvalue weighted by Gasteiger charge is -2.16. The largest absolute Gasteiger partial charge is 0.478 e. The van der Waals surface area contributed by atoms with Crippen molar-refractivity contribution in [3.63, 3.8) is 0 Å². The molecule has 0 saturated carbocycles. The van der Waals surface area contributed by atoms with Crippen molar-refractivity contribution in [2.75, 3.05) is 13.2 Å². The molecule has 0 amide bonds. The Balaban J connectivity index is 1.45. The molecular weight excluding hydrogens is 392 g/mol. The number of carboxylic acids is 1. The third-order valence-corrected chi connectivity index (χ3v) is 5.22. The molecule has 2 N–H and O–H groups in total. The minimum atomic E-state index is -0.932. The average Bonchev–Trinajstić information content (AvgIpc) is 2.74. The van der Waals surface area contributed by atoms with Gasteiger partial charge >= 0.3 is 5.97 Å². The number of aromatic nitrogens is 1. The zero-order valence-corrected chi connectivity index (χ0v) is 17.9.